The molecule has 0 bridgehead atoms. The molecule has 8 rings (SSSR count). The Labute approximate surface area is 389 Å². The smallest absolute Gasteiger partial charge is 0.247 e. The lowest BCUT2D eigenvalue weighted by Gasteiger charge is -2.26. The van der Waals surface area contributed by atoms with Crippen molar-refractivity contribution in [2.75, 3.05) is 39.5 Å². The first-order valence-corrected chi connectivity index (χ1v) is 21.7. The zero-order valence-electron chi connectivity index (χ0n) is 34.1. The molecule has 2 aromatic heterocycles. The van der Waals surface area contributed by atoms with Crippen molar-refractivity contribution in [3.63, 3.8) is 0 Å². The number of hydrogen-bond acceptors (Lipinski definition) is 8. The maximum Gasteiger partial charge on any atom is 0.247 e. The lowest BCUT2D eigenvalue weighted by Crippen LogP contribution is -2.14. The maximum atomic E-state index is 11.9. The Balaban J connectivity index is 0.000000188. The van der Waals surface area contributed by atoms with Gasteiger partial charge in [0.1, 0.15) is 23.0 Å². The fourth-order valence-electron chi connectivity index (χ4n) is 8.24. The Morgan fingerprint density at radius 3 is 1.52 bits per heavy atom. The van der Waals surface area contributed by atoms with Gasteiger partial charge in [0.15, 0.2) is 0 Å². The number of nitrogens with two attached hydrogens (primary N) is 1. The highest BCUT2D eigenvalue weighted by Crippen LogP contribution is 2.50. The van der Waals surface area contributed by atoms with Crippen molar-refractivity contribution in [1.29, 1.82) is 0 Å². The van der Waals surface area contributed by atoms with Crippen LogP contribution >= 0.6 is 69.6 Å². The van der Waals surface area contributed by atoms with Crippen LogP contribution < -0.4 is 30.0 Å². The van der Waals surface area contributed by atoms with E-state index in [9.17, 15) is 4.79 Å². The van der Waals surface area contributed by atoms with Gasteiger partial charge in [0, 0.05) is 72.6 Å². The highest BCUT2D eigenvalue weighted by Gasteiger charge is 2.33. The van der Waals surface area contributed by atoms with Gasteiger partial charge in [-0.1, -0.05) is 76.2 Å². The van der Waals surface area contributed by atoms with Crippen LogP contribution in [0.2, 0.25) is 30.1 Å². The van der Waals surface area contributed by atoms with Crippen molar-refractivity contribution < 1.29 is 23.7 Å². The summed E-state index contributed by atoms with van der Waals surface area (Å²) < 4.78 is 21.7. The van der Waals surface area contributed by atoms with Crippen molar-refractivity contribution >= 4 is 86.9 Å². The second kappa shape index (κ2) is 19.3. The first kappa shape index (κ1) is 45.3. The molecule has 0 aliphatic heterocycles. The van der Waals surface area contributed by atoms with E-state index in [2.05, 4.69) is 32.3 Å². The Hall–Kier alpha value is -4.75. The molecule has 2 atom stereocenters. The molecule has 4 aromatic carbocycles. The van der Waals surface area contributed by atoms with Crippen LogP contribution in [-0.4, -0.2) is 54.7 Å². The normalized spacial score (nSPS) is 15.4. The molecule has 2 heterocycles. The molecule has 0 saturated heterocycles. The van der Waals surface area contributed by atoms with Gasteiger partial charge in [-0.3, -0.25) is 15.0 Å². The molecule has 324 valence electrons. The Morgan fingerprint density at radius 1 is 0.677 bits per heavy atom. The van der Waals surface area contributed by atoms with E-state index in [4.69, 9.17) is 94.3 Å². The summed E-state index contributed by atoms with van der Waals surface area (Å²) in [4.78, 5) is 11.9. The minimum Gasteiger partial charge on any atom is -0.495 e. The first-order valence-electron chi connectivity index (χ1n) is 19.4. The number of aromatic nitrogens is 4. The standard InChI is InChI=1S/C24H22Cl3N3O3.C21H20Cl3N3O2/c1-4-20(31)28-16-10-13(25)6-8-14(16)24-15-7-5-12(9-17(15)29-30-24)21-22(26)18(32-2)11-19(33-3)23(21)27;1-28-16-9-17(29-2)20(24)18(19(16)23)10-3-5-13-15(7-10)26-27-21(13)12-6-4-11(22)8-14(12)25/h4,6,8,10-12H,1,5,7,9H2,2-3H3,(H,28,31)(H,29,30);4,6,8-10H,3,5,7,25H2,1-2H3,(H,26,27). The van der Waals surface area contributed by atoms with Crippen LogP contribution in [0.15, 0.2) is 61.2 Å². The largest absolute Gasteiger partial charge is 0.495 e. The summed E-state index contributed by atoms with van der Waals surface area (Å²) in [5.74, 6) is 1.99. The number of aromatic amines is 2. The quantitative estimate of drug-likeness (QED) is 0.0783. The van der Waals surface area contributed by atoms with Crippen LogP contribution in [0.3, 0.4) is 0 Å². The number of carbonyl (C=O) groups is 1. The van der Waals surface area contributed by atoms with E-state index in [0.717, 1.165) is 88.3 Å². The van der Waals surface area contributed by atoms with Gasteiger partial charge < -0.3 is 30.0 Å². The Morgan fingerprint density at radius 2 is 1.10 bits per heavy atom. The molecule has 2 aliphatic carbocycles. The number of anilines is 2. The molecular weight excluding hydrogens is 917 g/mol. The molecule has 0 radical (unpaired) electrons. The van der Waals surface area contributed by atoms with E-state index in [0.29, 0.717) is 70.9 Å². The van der Waals surface area contributed by atoms with E-state index in [1.807, 2.05) is 18.2 Å². The third-order valence-electron chi connectivity index (χ3n) is 11.3. The molecule has 5 N–H and O–H groups in total. The van der Waals surface area contributed by atoms with Gasteiger partial charge in [-0.05, 0) is 92.8 Å². The number of rotatable bonds is 10. The van der Waals surface area contributed by atoms with E-state index in [-0.39, 0.29) is 17.7 Å². The molecule has 2 unspecified atom stereocenters. The number of amides is 1. The highest BCUT2D eigenvalue weighted by molar-refractivity contribution is 6.38. The summed E-state index contributed by atoms with van der Waals surface area (Å²) in [6.45, 7) is 3.51. The summed E-state index contributed by atoms with van der Waals surface area (Å²) >= 11 is 38.7. The van der Waals surface area contributed by atoms with Crippen molar-refractivity contribution in [2.45, 2.75) is 50.4 Å². The molecule has 1 amide bonds. The van der Waals surface area contributed by atoms with E-state index >= 15 is 0 Å². The van der Waals surface area contributed by atoms with Crippen LogP contribution in [0.4, 0.5) is 11.4 Å². The molecular formula is C45H42Cl6N6O5. The zero-order valence-corrected chi connectivity index (χ0v) is 38.6. The molecule has 62 heavy (non-hydrogen) atoms. The fourth-order valence-corrected chi connectivity index (χ4v) is 10.2. The molecule has 2 aliphatic rings. The number of methoxy groups -OCH3 is 4. The maximum absolute atomic E-state index is 11.9. The van der Waals surface area contributed by atoms with Crippen LogP contribution in [-0.2, 0) is 30.5 Å². The summed E-state index contributed by atoms with van der Waals surface area (Å²) in [7, 11) is 6.28. The monoisotopic (exact) mass is 956 g/mol. The molecule has 0 saturated carbocycles. The number of ether oxygens (including phenoxy) is 4. The van der Waals surface area contributed by atoms with Crippen molar-refractivity contribution in [2.24, 2.45) is 0 Å². The fraction of sp³-hybridized carbons (Fsp3) is 0.267. The van der Waals surface area contributed by atoms with Gasteiger partial charge in [0.2, 0.25) is 5.91 Å². The van der Waals surface area contributed by atoms with Crippen LogP contribution in [0.5, 0.6) is 23.0 Å². The van der Waals surface area contributed by atoms with Gasteiger partial charge in [0.25, 0.3) is 0 Å². The summed E-state index contributed by atoms with van der Waals surface area (Å²) in [6, 6.07) is 14.2. The second-order valence-corrected chi connectivity index (χ2v) is 17.1. The summed E-state index contributed by atoms with van der Waals surface area (Å²) in [5.41, 5.74) is 16.6. The van der Waals surface area contributed by atoms with Crippen molar-refractivity contribution in [3.05, 3.63) is 125 Å². The van der Waals surface area contributed by atoms with E-state index < -0.39 is 0 Å². The average Bonchev–Trinajstić information content (AvgIpc) is 3.88. The minimum absolute atomic E-state index is 0.0555. The van der Waals surface area contributed by atoms with Crippen molar-refractivity contribution in [1.82, 2.24) is 20.4 Å². The summed E-state index contributed by atoms with van der Waals surface area (Å²) in [6.07, 6.45) is 5.84. The average molecular weight is 960 g/mol. The lowest BCUT2D eigenvalue weighted by molar-refractivity contribution is -0.111. The van der Waals surface area contributed by atoms with Crippen molar-refractivity contribution in [3.8, 4) is 45.5 Å². The summed E-state index contributed by atoms with van der Waals surface area (Å²) in [5, 5.41) is 21.4. The number of halogens is 6. The number of hydrogen-bond donors (Lipinski definition) is 4. The minimum atomic E-state index is -0.320. The molecule has 6 aromatic rings. The number of carbonyl (C=O) groups excluding carboxylic acids is 1. The molecule has 0 spiro atoms. The zero-order chi connectivity index (χ0) is 44.4. The first-order chi connectivity index (χ1) is 29.8. The number of nitrogens with zero attached hydrogens (tertiary/aromatic N) is 2. The highest BCUT2D eigenvalue weighted by atomic mass is 35.5. The lowest BCUT2D eigenvalue weighted by atomic mass is 9.81. The SMILES string of the molecule is C=CC(=O)Nc1cc(Cl)ccc1-c1n[nH]c2c1CCC(c1c(Cl)c(OC)cc(OC)c1Cl)C2.COc1cc(OC)c(Cl)c(C2CCc3c(-c4ccc(Cl)cc4N)n[nH]c3C2)c1Cl. The topological polar surface area (TPSA) is 149 Å². The third-order valence-corrected chi connectivity index (χ3v) is 13.3. The number of H-pyrrole nitrogens is 2. The van der Waals surface area contributed by atoms with Gasteiger partial charge in [0.05, 0.1) is 65.6 Å². The van der Waals surface area contributed by atoms with Crippen LogP contribution in [0.1, 0.15) is 58.3 Å². The predicted octanol–water partition coefficient (Wildman–Crippen LogP) is 12.4. The third kappa shape index (κ3) is 8.89. The van der Waals surface area contributed by atoms with Gasteiger partial charge in [-0.2, -0.15) is 10.2 Å². The molecule has 17 heteroatoms. The van der Waals surface area contributed by atoms with Crippen LogP contribution in [0.25, 0.3) is 22.5 Å². The second-order valence-electron chi connectivity index (χ2n) is 14.7. The predicted molar refractivity (Wildman–Crippen MR) is 250 cm³/mol. The van der Waals surface area contributed by atoms with Gasteiger partial charge in [-0.25, -0.2) is 0 Å². The molecule has 11 nitrogen and oxygen atoms in total. The number of benzene rings is 4. The number of nitrogens with one attached hydrogen (secondary N) is 3. The number of nitrogen functional groups attached to an aromatic ring is 1. The van der Waals surface area contributed by atoms with E-state index in [1.165, 1.54) is 6.08 Å². The Bertz CT molecular complexity index is 2630. The number of fused-ring (bicyclic) bond motifs is 2. The van der Waals surface area contributed by atoms with Gasteiger partial charge >= 0.3 is 0 Å². The van der Waals surface area contributed by atoms with E-state index in [1.54, 1.807) is 58.8 Å². The van der Waals surface area contributed by atoms with Crippen LogP contribution in [0, 0.1) is 0 Å². The molecule has 0 fully saturated rings. The van der Waals surface area contributed by atoms with Gasteiger partial charge in [-0.15, -0.1) is 0 Å². The Kier molecular flexibility index (Phi) is 14.1.